The van der Waals surface area contributed by atoms with Crippen LogP contribution in [0.3, 0.4) is 0 Å². The Morgan fingerprint density at radius 3 is 3.10 bits per heavy atom. The number of methoxy groups -OCH3 is 1. The molecule has 0 spiro atoms. The minimum atomic E-state index is -0.641. The zero-order chi connectivity index (χ0) is 14.7. The second-order valence-electron chi connectivity index (χ2n) is 5.11. The Hall–Kier alpha value is -2.14. The third kappa shape index (κ3) is 2.97. The molecule has 0 saturated carbocycles. The Labute approximate surface area is 123 Å². The van der Waals surface area contributed by atoms with Gasteiger partial charge < -0.3 is 14.6 Å². The number of hydrogen-bond acceptors (Lipinski definition) is 5. The van der Waals surface area contributed by atoms with Gasteiger partial charge in [-0.25, -0.2) is 9.97 Å². The highest BCUT2D eigenvalue weighted by atomic mass is 16.5. The van der Waals surface area contributed by atoms with Gasteiger partial charge in [-0.15, -0.1) is 0 Å². The highest BCUT2D eigenvalue weighted by molar-refractivity contribution is 5.38. The first-order valence-corrected chi connectivity index (χ1v) is 7.03. The van der Waals surface area contributed by atoms with E-state index in [4.69, 9.17) is 9.47 Å². The number of aliphatic hydroxyl groups excluding tert-OH is 1. The summed E-state index contributed by atoms with van der Waals surface area (Å²) in [6, 6.07) is 9.68. The molecule has 1 aromatic carbocycles. The molecule has 0 bridgehead atoms. The molecule has 0 fully saturated rings. The van der Waals surface area contributed by atoms with Gasteiger partial charge in [0.15, 0.2) is 0 Å². The summed E-state index contributed by atoms with van der Waals surface area (Å²) in [5.74, 6) is 1.65. The third-order valence-electron chi connectivity index (χ3n) is 3.80. The number of para-hydroxylation sites is 1. The van der Waals surface area contributed by atoms with Gasteiger partial charge in [0.1, 0.15) is 12.1 Å². The maximum Gasteiger partial charge on any atom is 0.216 e. The summed E-state index contributed by atoms with van der Waals surface area (Å²) < 4.78 is 10.7. The van der Waals surface area contributed by atoms with Crippen LogP contribution in [0.25, 0.3) is 0 Å². The fourth-order valence-corrected chi connectivity index (χ4v) is 2.70. The van der Waals surface area contributed by atoms with Crippen molar-refractivity contribution in [2.45, 2.75) is 24.9 Å². The lowest BCUT2D eigenvalue weighted by Gasteiger charge is -2.27. The maximum absolute atomic E-state index is 10.4. The number of rotatable bonds is 4. The number of nitrogens with zero attached hydrogens (tertiary/aromatic N) is 2. The van der Waals surface area contributed by atoms with Crippen molar-refractivity contribution in [2.24, 2.45) is 0 Å². The van der Waals surface area contributed by atoms with Gasteiger partial charge in [-0.3, -0.25) is 0 Å². The normalized spacial score (nSPS) is 18.5. The SMILES string of the molecule is COc1cc(C(O)CC2CCOc3ccccc32)ncn1. The van der Waals surface area contributed by atoms with Gasteiger partial charge in [0, 0.05) is 6.07 Å². The molecule has 0 saturated heterocycles. The van der Waals surface area contributed by atoms with Crippen LogP contribution < -0.4 is 9.47 Å². The van der Waals surface area contributed by atoms with E-state index >= 15 is 0 Å². The molecular formula is C16H18N2O3. The Bertz CT molecular complexity index is 618. The van der Waals surface area contributed by atoms with Crippen LogP contribution in [-0.4, -0.2) is 28.8 Å². The molecule has 110 valence electrons. The van der Waals surface area contributed by atoms with Gasteiger partial charge in [-0.1, -0.05) is 18.2 Å². The van der Waals surface area contributed by atoms with E-state index in [-0.39, 0.29) is 5.92 Å². The fraction of sp³-hybridized carbons (Fsp3) is 0.375. The predicted octanol–water partition coefficient (Wildman–Crippen LogP) is 2.48. The van der Waals surface area contributed by atoms with Gasteiger partial charge in [0.25, 0.3) is 0 Å². The molecule has 2 heterocycles. The second kappa shape index (κ2) is 6.10. The van der Waals surface area contributed by atoms with Gasteiger partial charge in [0.2, 0.25) is 5.88 Å². The zero-order valence-electron chi connectivity index (χ0n) is 11.9. The van der Waals surface area contributed by atoms with Gasteiger partial charge >= 0.3 is 0 Å². The average Bonchev–Trinajstić information content (AvgIpc) is 2.55. The Morgan fingerprint density at radius 2 is 2.24 bits per heavy atom. The zero-order valence-corrected chi connectivity index (χ0v) is 11.9. The minimum absolute atomic E-state index is 0.269. The van der Waals surface area contributed by atoms with Crippen LogP contribution in [0.15, 0.2) is 36.7 Å². The van der Waals surface area contributed by atoms with Crippen molar-refractivity contribution in [1.82, 2.24) is 9.97 Å². The molecule has 0 radical (unpaired) electrons. The van der Waals surface area contributed by atoms with Crippen LogP contribution in [0, 0.1) is 0 Å². The smallest absolute Gasteiger partial charge is 0.216 e. The minimum Gasteiger partial charge on any atom is -0.493 e. The van der Waals surface area contributed by atoms with Gasteiger partial charge in [-0.05, 0) is 30.4 Å². The maximum atomic E-state index is 10.4. The molecule has 1 aliphatic rings. The summed E-state index contributed by atoms with van der Waals surface area (Å²) in [5, 5.41) is 10.4. The molecule has 3 rings (SSSR count). The summed E-state index contributed by atoms with van der Waals surface area (Å²) in [4.78, 5) is 8.09. The lowest BCUT2D eigenvalue weighted by molar-refractivity contribution is 0.140. The average molecular weight is 286 g/mol. The lowest BCUT2D eigenvalue weighted by atomic mass is 9.87. The summed E-state index contributed by atoms with van der Waals surface area (Å²) >= 11 is 0. The van der Waals surface area contributed by atoms with E-state index in [9.17, 15) is 5.11 Å². The van der Waals surface area contributed by atoms with E-state index in [0.29, 0.717) is 24.6 Å². The van der Waals surface area contributed by atoms with Crippen LogP contribution in [0.4, 0.5) is 0 Å². The molecule has 2 aromatic rings. The van der Waals surface area contributed by atoms with Crippen LogP contribution in [-0.2, 0) is 0 Å². The van der Waals surface area contributed by atoms with Crippen LogP contribution in [0.2, 0.25) is 0 Å². The molecule has 5 heteroatoms. The number of ether oxygens (including phenoxy) is 2. The summed E-state index contributed by atoms with van der Waals surface area (Å²) in [6.45, 7) is 0.682. The molecule has 0 aliphatic carbocycles. The number of hydrogen-bond donors (Lipinski definition) is 1. The van der Waals surface area contributed by atoms with Crippen molar-refractivity contribution in [3.63, 3.8) is 0 Å². The topological polar surface area (TPSA) is 64.5 Å². The van der Waals surface area contributed by atoms with E-state index in [1.807, 2.05) is 18.2 Å². The number of aromatic nitrogens is 2. The van der Waals surface area contributed by atoms with Gasteiger partial charge in [-0.2, -0.15) is 0 Å². The number of aliphatic hydroxyl groups is 1. The molecule has 2 unspecified atom stereocenters. The summed E-state index contributed by atoms with van der Waals surface area (Å²) in [5.41, 5.74) is 1.75. The van der Waals surface area contributed by atoms with Crippen molar-refractivity contribution < 1.29 is 14.6 Å². The molecule has 1 aliphatic heterocycles. The van der Waals surface area contributed by atoms with Crippen LogP contribution in [0.5, 0.6) is 11.6 Å². The summed E-state index contributed by atoms with van der Waals surface area (Å²) in [7, 11) is 1.55. The fourth-order valence-electron chi connectivity index (χ4n) is 2.70. The van der Waals surface area contributed by atoms with Crippen LogP contribution in [0.1, 0.15) is 36.1 Å². The first kappa shape index (κ1) is 13.8. The standard InChI is InChI=1S/C16H18N2O3/c1-20-16-9-13(17-10-18-16)14(19)8-11-6-7-21-15-5-3-2-4-12(11)15/h2-5,9-11,14,19H,6-8H2,1H3. The Morgan fingerprint density at radius 1 is 1.38 bits per heavy atom. The quantitative estimate of drug-likeness (QED) is 0.935. The second-order valence-corrected chi connectivity index (χ2v) is 5.11. The van der Waals surface area contributed by atoms with Crippen molar-refractivity contribution in [1.29, 1.82) is 0 Å². The van der Waals surface area contributed by atoms with Crippen molar-refractivity contribution in [3.05, 3.63) is 47.9 Å². The molecule has 21 heavy (non-hydrogen) atoms. The van der Waals surface area contributed by atoms with Crippen molar-refractivity contribution in [3.8, 4) is 11.6 Å². The highest BCUT2D eigenvalue weighted by Crippen LogP contribution is 2.38. The van der Waals surface area contributed by atoms with E-state index < -0.39 is 6.10 Å². The Kier molecular flexibility index (Phi) is 4.01. The Balaban J connectivity index is 1.77. The number of benzene rings is 1. The predicted molar refractivity (Wildman–Crippen MR) is 77.5 cm³/mol. The van der Waals surface area contributed by atoms with E-state index in [1.165, 1.54) is 6.33 Å². The van der Waals surface area contributed by atoms with Crippen molar-refractivity contribution >= 4 is 0 Å². The van der Waals surface area contributed by atoms with E-state index in [0.717, 1.165) is 17.7 Å². The molecule has 5 nitrogen and oxygen atoms in total. The first-order chi connectivity index (χ1) is 10.3. The molecule has 1 N–H and O–H groups in total. The molecular weight excluding hydrogens is 268 g/mol. The molecule has 2 atom stereocenters. The largest absolute Gasteiger partial charge is 0.493 e. The monoisotopic (exact) mass is 286 g/mol. The lowest BCUT2D eigenvalue weighted by Crippen LogP contribution is -2.17. The summed E-state index contributed by atoms with van der Waals surface area (Å²) in [6.07, 6.45) is 2.28. The molecule has 1 aromatic heterocycles. The van der Waals surface area contributed by atoms with E-state index in [2.05, 4.69) is 16.0 Å². The highest BCUT2D eigenvalue weighted by Gasteiger charge is 2.24. The van der Waals surface area contributed by atoms with Gasteiger partial charge in [0.05, 0.1) is 25.5 Å². The number of fused-ring (bicyclic) bond motifs is 1. The first-order valence-electron chi connectivity index (χ1n) is 7.03. The van der Waals surface area contributed by atoms with Crippen molar-refractivity contribution in [2.75, 3.05) is 13.7 Å². The van der Waals surface area contributed by atoms with Crippen LogP contribution >= 0.6 is 0 Å². The third-order valence-corrected chi connectivity index (χ3v) is 3.80. The molecule has 0 amide bonds. The van der Waals surface area contributed by atoms with E-state index in [1.54, 1.807) is 13.2 Å².